The second-order valence-electron chi connectivity index (χ2n) is 9.43. The summed E-state index contributed by atoms with van der Waals surface area (Å²) in [6.45, 7) is 7.91. The molecule has 2 aromatic rings. The summed E-state index contributed by atoms with van der Waals surface area (Å²) in [4.78, 5) is 42.0. The van der Waals surface area contributed by atoms with Crippen molar-refractivity contribution < 1.29 is 14.4 Å². The highest BCUT2D eigenvalue weighted by Crippen LogP contribution is 2.22. The van der Waals surface area contributed by atoms with Gasteiger partial charge in [0, 0.05) is 26.6 Å². The van der Waals surface area contributed by atoms with Gasteiger partial charge < -0.3 is 20.9 Å². The van der Waals surface area contributed by atoms with Crippen LogP contribution in [0.5, 0.6) is 0 Å². The molecule has 0 aliphatic rings. The summed E-state index contributed by atoms with van der Waals surface area (Å²) in [5.41, 5.74) is 1.72. The van der Waals surface area contributed by atoms with Crippen LogP contribution in [0.2, 0.25) is 20.1 Å². The monoisotopic (exact) mass is 645 g/mol. The van der Waals surface area contributed by atoms with Crippen molar-refractivity contribution in [3.8, 4) is 0 Å². The number of rotatable bonds is 18. The fraction of sp³-hybridized carbons (Fsp3) is 0.483. The van der Waals surface area contributed by atoms with Crippen LogP contribution in [0.4, 0.5) is 0 Å². The SMILES string of the molecule is CCN(CC)CCCNCC(=O)N(CC(=O)NCCc1ccc(Cl)cc1Cl)C(=O)CNCCc1ccc(Cl)cc1Cl. The molecule has 0 aromatic heterocycles. The average Bonchev–Trinajstić information content (AvgIpc) is 2.93. The van der Waals surface area contributed by atoms with Crippen LogP contribution in [0.1, 0.15) is 31.4 Å². The van der Waals surface area contributed by atoms with Gasteiger partial charge in [0.2, 0.25) is 17.7 Å². The van der Waals surface area contributed by atoms with Gasteiger partial charge in [0.25, 0.3) is 0 Å². The third kappa shape index (κ3) is 13.3. The van der Waals surface area contributed by atoms with Crippen LogP contribution in [0, 0.1) is 0 Å². The van der Waals surface area contributed by atoms with Gasteiger partial charge in [-0.15, -0.1) is 0 Å². The third-order valence-electron chi connectivity index (χ3n) is 6.50. The van der Waals surface area contributed by atoms with Crippen molar-refractivity contribution in [2.45, 2.75) is 33.1 Å². The molecule has 0 radical (unpaired) electrons. The summed E-state index contributed by atoms with van der Waals surface area (Å²) in [6.07, 6.45) is 1.91. The molecule has 0 fully saturated rings. The van der Waals surface area contributed by atoms with E-state index in [1.165, 1.54) is 0 Å². The zero-order valence-electron chi connectivity index (χ0n) is 23.6. The lowest BCUT2D eigenvalue weighted by atomic mass is 10.1. The number of imide groups is 1. The number of halogens is 4. The number of hydrogen-bond donors (Lipinski definition) is 3. The first-order chi connectivity index (χ1) is 19.6. The highest BCUT2D eigenvalue weighted by molar-refractivity contribution is 6.35. The molecule has 0 saturated heterocycles. The average molecular weight is 647 g/mol. The number of carbonyl (C=O) groups is 3. The first-order valence-corrected chi connectivity index (χ1v) is 15.3. The molecule has 0 atom stereocenters. The molecule has 0 unspecified atom stereocenters. The molecule has 0 spiro atoms. The van der Waals surface area contributed by atoms with Crippen molar-refractivity contribution in [3.63, 3.8) is 0 Å². The van der Waals surface area contributed by atoms with E-state index in [0.717, 1.165) is 42.1 Å². The quantitative estimate of drug-likeness (QED) is 0.207. The van der Waals surface area contributed by atoms with Gasteiger partial charge >= 0.3 is 0 Å². The predicted molar refractivity (Wildman–Crippen MR) is 168 cm³/mol. The van der Waals surface area contributed by atoms with Gasteiger partial charge in [-0.05, 0) is 87.4 Å². The maximum Gasteiger partial charge on any atom is 0.243 e. The minimum Gasteiger partial charge on any atom is -0.354 e. The first-order valence-electron chi connectivity index (χ1n) is 13.8. The second kappa shape index (κ2) is 19.3. The van der Waals surface area contributed by atoms with E-state index in [2.05, 4.69) is 34.7 Å². The summed E-state index contributed by atoms with van der Waals surface area (Å²) in [5.74, 6) is -1.39. The van der Waals surface area contributed by atoms with E-state index < -0.39 is 17.7 Å². The minimum atomic E-state index is -0.488. The third-order valence-corrected chi connectivity index (χ3v) is 7.67. The molecule has 41 heavy (non-hydrogen) atoms. The van der Waals surface area contributed by atoms with Gasteiger partial charge in [-0.2, -0.15) is 0 Å². The summed E-state index contributed by atoms with van der Waals surface area (Å²) >= 11 is 24.3. The molecule has 0 bridgehead atoms. The van der Waals surface area contributed by atoms with Gasteiger partial charge in [-0.3, -0.25) is 19.3 Å². The maximum atomic E-state index is 13.0. The number of carbonyl (C=O) groups excluding carboxylic acids is 3. The lowest BCUT2D eigenvalue weighted by Gasteiger charge is -2.22. The van der Waals surface area contributed by atoms with Crippen molar-refractivity contribution in [2.24, 2.45) is 0 Å². The molecule has 0 saturated carbocycles. The molecule has 3 amide bonds. The number of nitrogens with zero attached hydrogens (tertiary/aromatic N) is 2. The van der Waals surface area contributed by atoms with Gasteiger partial charge in [-0.25, -0.2) is 0 Å². The van der Waals surface area contributed by atoms with Crippen LogP contribution >= 0.6 is 46.4 Å². The van der Waals surface area contributed by atoms with Crippen molar-refractivity contribution in [1.82, 2.24) is 25.8 Å². The van der Waals surface area contributed by atoms with Crippen molar-refractivity contribution in [2.75, 3.05) is 58.9 Å². The predicted octanol–water partition coefficient (Wildman–Crippen LogP) is 4.47. The minimum absolute atomic E-state index is 0.0436. The largest absolute Gasteiger partial charge is 0.354 e. The van der Waals surface area contributed by atoms with Gasteiger partial charge in [0.05, 0.1) is 13.1 Å². The Morgan fingerprint density at radius 1 is 0.732 bits per heavy atom. The number of nitrogens with one attached hydrogen (secondary N) is 3. The van der Waals surface area contributed by atoms with Crippen LogP contribution in [0.15, 0.2) is 36.4 Å². The normalized spacial score (nSPS) is 11.1. The fourth-order valence-electron chi connectivity index (χ4n) is 4.07. The maximum absolute atomic E-state index is 13.0. The van der Waals surface area contributed by atoms with Crippen molar-refractivity contribution >= 4 is 64.1 Å². The Bertz CT molecular complexity index is 1150. The Labute approximate surface area is 263 Å². The second-order valence-corrected chi connectivity index (χ2v) is 11.1. The van der Waals surface area contributed by atoms with E-state index in [1.807, 2.05) is 6.07 Å². The molecular formula is C29H39Cl4N5O3. The number of amides is 3. The Balaban J connectivity index is 1.90. The van der Waals surface area contributed by atoms with Gasteiger partial charge in [0.1, 0.15) is 6.54 Å². The highest BCUT2D eigenvalue weighted by atomic mass is 35.5. The molecule has 12 heteroatoms. The number of hydrogen-bond acceptors (Lipinski definition) is 6. The molecule has 8 nitrogen and oxygen atoms in total. The number of benzene rings is 2. The van der Waals surface area contributed by atoms with Crippen LogP contribution in [0.25, 0.3) is 0 Å². The van der Waals surface area contributed by atoms with E-state index in [9.17, 15) is 14.4 Å². The van der Waals surface area contributed by atoms with E-state index >= 15 is 0 Å². The zero-order chi connectivity index (χ0) is 30.2. The van der Waals surface area contributed by atoms with Crippen LogP contribution in [-0.4, -0.2) is 86.4 Å². The first kappa shape index (κ1) is 35.3. The lowest BCUT2D eigenvalue weighted by Crippen LogP contribution is -2.50. The topological polar surface area (TPSA) is 93.8 Å². The van der Waals surface area contributed by atoms with E-state index in [0.29, 0.717) is 52.6 Å². The Morgan fingerprint density at radius 2 is 1.24 bits per heavy atom. The lowest BCUT2D eigenvalue weighted by molar-refractivity contribution is -0.147. The summed E-state index contributed by atoms with van der Waals surface area (Å²) in [6, 6.07) is 10.4. The fourth-order valence-corrected chi connectivity index (χ4v) is 5.08. The van der Waals surface area contributed by atoms with Crippen LogP contribution < -0.4 is 16.0 Å². The van der Waals surface area contributed by atoms with E-state index in [4.69, 9.17) is 46.4 Å². The standard InChI is InChI=1S/C29H39Cl4N5O3/c1-3-37(4-2)15-5-12-34-18-28(40)38(20-27(39)36-14-11-22-7-9-24(31)17-26(22)33)29(41)19-35-13-10-21-6-8-23(30)16-25(21)32/h6-9,16-17,34-35H,3-5,10-15,18-20H2,1-2H3,(H,36,39). The Hall–Kier alpha value is -1.91. The highest BCUT2D eigenvalue weighted by Gasteiger charge is 2.23. The summed E-state index contributed by atoms with van der Waals surface area (Å²) in [5, 5.41) is 11.0. The van der Waals surface area contributed by atoms with Crippen LogP contribution in [0.3, 0.4) is 0 Å². The van der Waals surface area contributed by atoms with Crippen molar-refractivity contribution in [3.05, 3.63) is 67.6 Å². The molecular weight excluding hydrogens is 608 g/mol. The molecule has 2 aromatic carbocycles. The molecule has 2 rings (SSSR count). The zero-order valence-corrected chi connectivity index (χ0v) is 26.6. The molecule has 0 aliphatic heterocycles. The van der Waals surface area contributed by atoms with Gasteiger partial charge in [0.15, 0.2) is 0 Å². The summed E-state index contributed by atoms with van der Waals surface area (Å²) < 4.78 is 0. The van der Waals surface area contributed by atoms with E-state index in [-0.39, 0.29) is 19.6 Å². The van der Waals surface area contributed by atoms with Crippen molar-refractivity contribution in [1.29, 1.82) is 0 Å². The molecule has 226 valence electrons. The molecule has 0 aliphatic carbocycles. The van der Waals surface area contributed by atoms with Crippen LogP contribution in [-0.2, 0) is 27.2 Å². The van der Waals surface area contributed by atoms with Gasteiger partial charge in [-0.1, -0.05) is 72.4 Å². The Kier molecular flexibility index (Phi) is 16.6. The molecule has 3 N–H and O–H groups in total. The Morgan fingerprint density at radius 3 is 1.76 bits per heavy atom. The summed E-state index contributed by atoms with van der Waals surface area (Å²) in [7, 11) is 0. The van der Waals surface area contributed by atoms with E-state index in [1.54, 1.807) is 30.3 Å². The molecule has 0 heterocycles. The smallest absolute Gasteiger partial charge is 0.243 e.